The van der Waals surface area contributed by atoms with E-state index >= 15 is 0 Å². The molecular weight excluding hydrogens is 126 g/mol. The minimum atomic E-state index is 0.418. The molecule has 2 nitrogen and oxygen atoms in total. The van der Waals surface area contributed by atoms with Gasteiger partial charge in [0.1, 0.15) is 5.76 Å². The van der Waals surface area contributed by atoms with Gasteiger partial charge in [0.15, 0.2) is 0 Å². The van der Waals surface area contributed by atoms with Crippen LogP contribution in [-0.2, 0) is 0 Å². The highest BCUT2D eigenvalue weighted by Gasteiger charge is 2.05. The minimum Gasteiger partial charge on any atom is -0.511 e. The van der Waals surface area contributed by atoms with Gasteiger partial charge in [-0.05, 0) is 26.2 Å². The Labute approximate surface area is 62.2 Å². The molecule has 1 fully saturated rings. The number of aliphatic hydroxyl groups is 1. The van der Waals surface area contributed by atoms with Gasteiger partial charge in [-0.1, -0.05) is 0 Å². The predicted octanol–water partition coefficient (Wildman–Crippen LogP) is 1.89. The molecule has 2 heteroatoms. The average Bonchev–Trinajstić information content (AvgIpc) is 1.88. The lowest BCUT2D eigenvalue weighted by Gasteiger charge is -2.24. The van der Waals surface area contributed by atoms with E-state index in [-0.39, 0.29) is 0 Å². The quantitative estimate of drug-likeness (QED) is 0.564. The predicted molar refractivity (Wildman–Crippen MR) is 41.8 cm³/mol. The minimum absolute atomic E-state index is 0.418. The molecule has 0 saturated carbocycles. The Kier molecular flexibility index (Phi) is 2.60. The molecule has 1 aliphatic heterocycles. The van der Waals surface area contributed by atoms with Gasteiger partial charge in [-0.2, -0.15) is 0 Å². The average molecular weight is 141 g/mol. The molecule has 0 atom stereocenters. The van der Waals surface area contributed by atoms with Crippen LogP contribution in [-0.4, -0.2) is 23.1 Å². The van der Waals surface area contributed by atoms with E-state index in [2.05, 4.69) is 4.90 Å². The Morgan fingerprint density at radius 2 is 1.90 bits per heavy atom. The van der Waals surface area contributed by atoms with Crippen LogP contribution in [0.5, 0.6) is 0 Å². The number of allylic oxidation sites excluding steroid dienone is 1. The second-order valence-electron chi connectivity index (χ2n) is 2.87. The van der Waals surface area contributed by atoms with E-state index in [0.29, 0.717) is 5.76 Å². The summed E-state index contributed by atoms with van der Waals surface area (Å²) in [6.07, 6.45) is 5.71. The summed E-state index contributed by atoms with van der Waals surface area (Å²) in [6.45, 7) is 3.93. The third-order valence-corrected chi connectivity index (χ3v) is 1.76. The van der Waals surface area contributed by atoms with E-state index < -0.39 is 0 Å². The Morgan fingerprint density at radius 1 is 1.30 bits per heavy atom. The van der Waals surface area contributed by atoms with Crippen LogP contribution in [0.4, 0.5) is 0 Å². The van der Waals surface area contributed by atoms with Crippen molar-refractivity contribution in [1.82, 2.24) is 4.90 Å². The highest BCUT2D eigenvalue weighted by molar-refractivity contribution is 4.87. The molecule has 0 bridgehead atoms. The maximum atomic E-state index is 8.92. The molecule has 58 valence electrons. The zero-order valence-electron chi connectivity index (χ0n) is 6.51. The lowest BCUT2D eigenvalue weighted by Crippen LogP contribution is -2.24. The van der Waals surface area contributed by atoms with Crippen LogP contribution in [0.3, 0.4) is 0 Å². The van der Waals surface area contributed by atoms with Crippen LogP contribution in [0.25, 0.3) is 0 Å². The van der Waals surface area contributed by atoms with Crippen LogP contribution in [0.2, 0.25) is 0 Å². The molecule has 0 unspecified atom stereocenters. The number of nitrogens with zero attached hydrogens (tertiary/aromatic N) is 1. The van der Waals surface area contributed by atoms with Crippen molar-refractivity contribution in [1.29, 1.82) is 0 Å². The van der Waals surface area contributed by atoms with Gasteiger partial charge < -0.3 is 10.0 Å². The number of rotatable bonds is 1. The van der Waals surface area contributed by atoms with Gasteiger partial charge in [-0.25, -0.2) is 0 Å². The van der Waals surface area contributed by atoms with Crippen molar-refractivity contribution in [2.45, 2.75) is 26.2 Å². The molecule has 0 aromatic carbocycles. The van der Waals surface area contributed by atoms with Crippen molar-refractivity contribution in [2.75, 3.05) is 13.1 Å². The molecular formula is C8H15NO. The first kappa shape index (κ1) is 7.45. The number of piperidine rings is 1. The molecule has 10 heavy (non-hydrogen) atoms. The maximum absolute atomic E-state index is 8.92. The van der Waals surface area contributed by atoms with Gasteiger partial charge in [0.05, 0.1) is 0 Å². The summed E-state index contributed by atoms with van der Waals surface area (Å²) in [7, 11) is 0. The first-order valence-corrected chi connectivity index (χ1v) is 3.90. The smallest absolute Gasteiger partial charge is 0.105 e. The summed E-state index contributed by atoms with van der Waals surface area (Å²) in [5.41, 5.74) is 0. The number of aliphatic hydroxyl groups excluding tert-OH is 1. The molecule has 1 N–H and O–H groups in total. The first-order chi connectivity index (χ1) is 4.79. The highest BCUT2D eigenvalue weighted by atomic mass is 16.3. The molecule has 0 aromatic rings. The summed E-state index contributed by atoms with van der Waals surface area (Å²) in [6, 6.07) is 0. The van der Waals surface area contributed by atoms with E-state index in [1.54, 1.807) is 6.92 Å². The molecule has 1 heterocycles. The van der Waals surface area contributed by atoms with Crippen molar-refractivity contribution in [3.05, 3.63) is 12.0 Å². The maximum Gasteiger partial charge on any atom is 0.105 e. The summed E-state index contributed by atoms with van der Waals surface area (Å²) in [5.74, 6) is 0.418. The van der Waals surface area contributed by atoms with Gasteiger partial charge in [-0.15, -0.1) is 0 Å². The van der Waals surface area contributed by atoms with Gasteiger partial charge in [0.25, 0.3) is 0 Å². The van der Waals surface area contributed by atoms with Crippen molar-refractivity contribution < 1.29 is 5.11 Å². The van der Waals surface area contributed by atoms with Crippen molar-refractivity contribution in [3.8, 4) is 0 Å². The third kappa shape index (κ3) is 2.29. The number of hydrogen-bond donors (Lipinski definition) is 1. The summed E-state index contributed by atoms with van der Waals surface area (Å²) in [4.78, 5) is 2.18. The van der Waals surface area contributed by atoms with Crippen molar-refractivity contribution >= 4 is 0 Å². The van der Waals surface area contributed by atoms with Gasteiger partial charge in [-0.3, -0.25) is 0 Å². The standard InChI is InChI=1S/C8H15NO/c1-8(10)7-9-5-3-2-4-6-9/h7,10H,2-6H2,1H3/b8-7-. The van der Waals surface area contributed by atoms with Gasteiger partial charge >= 0.3 is 0 Å². The van der Waals surface area contributed by atoms with Crippen LogP contribution in [0, 0.1) is 0 Å². The Hall–Kier alpha value is -0.660. The lowest BCUT2D eigenvalue weighted by atomic mass is 10.1. The summed E-state index contributed by atoms with van der Waals surface area (Å²) < 4.78 is 0. The zero-order chi connectivity index (χ0) is 7.40. The van der Waals surface area contributed by atoms with Crippen LogP contribution < -0.4 is 0 Å². The van der Waals surface area contributed by atoms with E-state index in [9.17, 15) is 0 Å². The van der Waals surface area contributed by atoms with Crippen molar-refractivity contribution in [3.63, 3.8) is 0 Å². The number of likely N-dealkylation sites (tertiary alicyclic amines) is 1. The van der Waals surface area contributed by atoms with E-state index in [1.807, 2.05) is 6.20 Å². The Balaban J connectivity index is 2.33. The summed E-state index contributed by atoms with van der Waals surface area (Å²) in [5, 5.41) is 8.92. The van der Waals surface area contributed by atoms with E-state index in [0.717, 1.165) is 13.1 Å². The number of hydrogen-bond acceptors (Lipinski definition) is 2. The fourth-order valence-electron chi connectivity index (χ4n) is 1.31. The Morgan fingerprint density at radius 3 is 2.40 bits per heavy atom. The summed E-state index contributed by atoms with van der Waals surface area (Å²) >= 11 is 0. The first-order valence-electron chi connectivity index (χ1n) is 3.90. The molecule has 0 aliphatic carbocycles. The van der Waals surface area contributed by atoms with E-state index in [4.69, 9.17) is 5.11 Å². The van der Waals surface area contributed by atoms with Crippen LogP contribution in [0.15, 0.2) is 12.0 Å². The second-order valence-corrected chi connectivity index (χ2v) is 2.87. The third-order valence-electron chi connectivity index (χ3n) is 1.76. The normalized spacial score (nSPS) is 21.3. The van der Waals surface area contributed by atoms with Crippen LogP contribution >= 0.6 is 0 Å². The van der Waals surface area contributed by atoms with E-state index in [1.165, 1.54) is 19.3 Å². The molecule has 0 spiro atoms. The SMILES string of the molecule is C/C(O)=C/N1CCCCC1. The molecule has 0 amide bonds. The molecule has 1 saturated heterocycles. The van der Waals surface area contributed by atoms with Crippen molar-refractivity contribution in [2.24, 2.45) is 0 Å². The second kappa shape index (κ2) is 3.49. The van der Waals surface area contributed by atoms with Gasteiger partial charge in [0.2, 0.25) is 0 Å². The largest absolute Gasteiger partial charge is 0.511 e. The fraction of sp³-hybridized carbons (Fsp3) is 0.750. The highest BCUT2D eigenvalue weighted by Crippen LogP contribution is 2.09. The van der Waals surface area contributed by atoms with Crippen LogP contribution in [0.1, 0.15) is 26.2 Å². The Bertz CT molecular complexity index is 121. The fourth-order valence-corrected chi connectivity index (χ4v) is 1.31. The zero-order valence-corrected chi connectivity index (χ0v) is 6.51. The monoisotopic (exact) mass is 141 g/mol. The lowest BCUT2D eigenvalue weighted by molar-refractivity contribution is 0.290. The molecule has 1 aliphatic rings. The molecule has 1 rings (SSSR count). The molecule has 0 aromatic heterocycles. The van der Waals surface area contributed by atoms with Gasteiger partial charge in [0, 0.05) is 19.3 Å². The topological polar surface area (TPSA) is 23.5 Å². The molecule has 0 radical (unpaired) electrons.